The smallest absolute Gasteiger partial charge is 0.225 e. The van der Waals surface area contributed by atoms with Gasteiger partial charge in [0.1, 0.15) is 5.82 Å². The van der Waals surface area contributed by atoms with Gasteiger partial charge in [0.05, 0.1) is 6.54 Å². The summed E-state index contributed by atoms with van der Waals surface area (Å²) < 4.78 is 4.15. The number of rotatable bonds is 3. The predicted octanol–water partition coefficient (Wildman–Crippen LogP) is 1.38. The van der Waals surface area contributed by atoms with E-state index in [0.717, 1.165) is 24.7 Å². The van der Waals surface area contributed by atoms with Crippen LogP contribution in [-0.2, 0) is 17.9 Å². The Kier molecular flexibility index (Phi) is 3.30. The normalized spacial score (nSPS) is 16.0. The quantitative estimate of drug-likeness (QED) is 0.849. The van der Waals surface area contributed by atoms with Crippen molar-refractivity contribution in [3.8, 4) is 0 Å². The molecule has 0 saturated carbocycles. The molecule has 3 rings (SSSR count). The molecule has 1 aliphatic rings. The second kappa shape index (κ2) is 5.11. The van der Waals surface area contributed by atoms with Gasteiger partial charge in [0.15, 0.2) is 5.82 Å². The molecule has 0 aromatic carbocycles. The summed E-state index contributed by atoms with van der Waals surface area (Å²) in [6, 6.07) is 4.14. The van der Waals surface area contributed by atoms with Crippen molar-refractivity contribution < 1.29 is 4.79 Å². The van der Waals surface area contributed by atoms with Crippen LogP contribution in [0.1, 0.15) is 31.0 Å². The average molecular weight is 273 g/mol. The van der Waals surface area contributed by atoms with E-state index in [1.165, 1.54) is 0 Å². The molecule has 3 heterocycles. The summed E-state index contributed by atoms with van der Waals surface area (Å²) in [4.78, 5) is 14.3. The van der Waals surface area contributed by atoms with Gasteiger partial charge in [-0.05, 0) is 26.0 Å². The summed E-state index contributed by atoms with van der Waals surface area (Å²) in [6.45, 7) is 6.11. The predicted molar refractivity (Wildman–Crippen MR) is 73.9 cm³/mol. The maximum atomic E-state index is 12.4. The van der Waals surface area contributed by atoms with Crippen molar-refractivity contribution >= 4 is 5.91 Å². The molecule has 0 saturated heterocycles. The van der Waals surface area contributed by atoms with E-state index in [4.69, 9.17) is 0 Å². The molecular weight excluding hydrogens is 254 g/mol. The third-order valence-electron chi connectivity index (χ3n) is 3.90. The molecule has 2 aromatic rings. The van der Waals surface area contributed by atoms with Crippen molar-refractivity contribution in [2.24, 2.45) is 0 Å². The van der Waals surface area contributed by atoms with Gasteiger partial charge in [0.25, 0.3) is 0 Å². The Hall–Kier alpha value is -2.11. The molecule has 0 radical (unpaired) electrons. The van der Waals surface area contributed by atoms with Crippen LogP contribution in [0.15, 0.2) is 24.5 Å². The Morgan fingerprint density at radius 3 is 2.80 bits per heavy atom. The lowest BCUT2D eigenvalue weighted by Crippen LogP contribution is -2.39. The summed E-state index contributed by atoms with van der Waals surface area (Å²) in [5, 5.41) is 8.20. The highest BCUT2D eigenvalue weighted by Gasteiger charge is 2.24. The van der Waals surface area contributed by atoms with Crippen molar-refractivity contribution in [2.75, 3.05) is 6.54 Å². The van der Waals surface area contributed by atoms with E-state index in [2.05, 4.69) is 26.3 Å². The Morgan fingerprint density at radius 2 is 2.05 bits per heavy atom. The number of aryl methyl sites for hydroxylation is 1. The Labute approximate surface area is 118 Å². The van der Waals surface area contributed by atoms with Crippen LogP contribution in [0.4, 0.5) is 0 Å². The van der Waals surface area contributed by atoms with E-state index in [0.29, 0.717) is 13.0 Å². The highest BCUT2D eigenvalue weighted by atomic mass is 16.2. The van der Waals surface area contributed by atoms with E-state index in [1.54, 1.807) is 0 Å². The van der Waals surface area contributed by atoms with Gasteiger partial charge >= 0.3 is 0 Å². The molecule has 0 aliphatic carbocycles. The van der Waals surface area contributed by atoms with Crippen molar-refractivity contribution in [2.45, 2.75) is 39.4 Å². The molecule has 1 amide bonds. The molecular formula is C14H19N5O. The van der Waals surface area contributed by atoms with Crippen LogP contribution < -0.4 is 0 Å². The van der Waals surface area contributed by atoms with Crippen LogP contribution in [0, 0.1) is 6.92 Å². The van der Waals surface area contributed by atoms with E-state index < -0.39 is 0 Å². The van der Waals surface area contributed by atoms with Crippen molar-refractivity contribution in [3.05, 3.63) is 36.2 Å². The maximum Gasteiger partial charge on any atom is 0.225 e. The zero-order valence-electron chi connectivity index (χ0n) is 11.9. The van der Waals surface area contributed by atoms with E-state index in [1.807, 2.05) is 36.4 Å². The highest BCUT2D eigenvalue weighted by Crippen LogP contribution is 2.17. The fraction of sp³-hybridized carbons (Fsp3) is 0.500. The Morgan fingerprint density at radius 1 is 1.30 bits per heavy atom. The lowest BCUT2D eigenvalue weighted by atomic mass is 10.2. The minimum absolute atomic E-state index is 0.179. The van der Waals surface area contributed by atoms with Gasteiger partial charge in [-0.3, -0.25) is 4.79 Å². The number of hydrogen-bond donors (Lipinski definition) is 0. The topological polar surface area (TPSA) is 56.0 Å². The van der Waals surface area contributed by atoms with Crippen LogP contribution >= 0.6 is 0 Å². The van der Waals surface area contributed by atoms with Crippen LogP contribution in [0.5, 0.6) is 0 Å². The zero-order chi connectivity index (χ0) is 14.1. The molecule has 1 atom stereocenters. The first-order chi connectivity index (χ1) is 9.65. The van der Waals surface area contributed by atoms with Crippen LogP contribution in [0.25, 0.3) is 0 Å². The number of nitrogens with zero attached hydrogens (tertiary/aromatic N) is 5. The molecule has 6 heteroatoms. The number of hydrogen-bond acceptors (Lipinski definition) is 3. The van der Waals surface area contributed by atoms with Crippen LogP contribution in [0.3, 0.4) is 0 Å². The number of aromatic nitrogens is 4. The van der Waals surface area contributed by atoms with Gasteiger partial charge in [-0.2, -0.15) is 0 Å². The second-order valence-electron chi connectivity index (χ2n) is 5.31. The maximum absolute atomic E-state index is 12.4. The van der Waals surface area contributed by atoms with Crippen molar-refractivity contribution in [1.29, 1.82) is 0 Å². The average Bonchev–Trinajstić information content (AvgIpc) is 3.08. The fourth-order valence-corrected chi connectivity index (χ4v) is 2.64. The van der Waals surface area contributed by atoms with Gasteiger partial charge in [-0.1, -0.05) is 0 Å². The van der Waals surface area contributed by atoms with Gasteiger partial charge in [0, 0.05) is 37.9 Å². The van der Waals surface area contributed by atoms with Crippen LogP contribution in [0.2, 0.25) is 0 Å². The Balaban J connectivity index is 1.64. The summed E-state index contributed by atoms with van der Waals surface area (Å²) >= 11 is 0. The lowest BCUT2D eigenvalue weighted by molar-refractivity contribution is -0.133. The molecule has 106 valence electrons. The molecule has 2 aromatic heterocycles. The number of carbonyl (C=O) groups excluding carboxylic acids is 1. The summed E-state index contributed by atoms with van der Waals surface area (Å²) in [5.74, 6) is 1.99. The highest BCUT2D eigenvalue weighted by molar-refractivity contribution is 5.76. The van der Waals surface area contributed by atoms with Gasteiger partial charge < -0.3 is 14.0 Å². The van der Waals surface area contributed by atoms with E-state index >= 15 is 0 Å². The molecule has 20 heavy (non-hydrogen) atoms. The third kappa shape index (κ3) is 2.33. The molecule has 1 unspecified atom stereocenters. The molecule has 6 nitrogen and oxygen atoms in total. The van der Waals surface area contributed by atoms with Crippen molar-refractivity contribution in [3.63, 3.8) is 0 Å². The monoisotopic (exact) mass is 273 g/mol. The summed E-state index contributed by atoms with van der Waals surface area (Å²) in [6.07, 6.45) is 4.50. The molecule has 0 bridgehead atoms. The number of fused-ring (bicyclic) bond motifs is 1. The molecule has 1 aliphatic heterocycles. The molecule has 0 N–H and O–H groups in total. The minimum Gasteiger partial charge on any atom is -0.351 e. The third-order valence-corrected chi connectivity index (χ3v) is 3.90. The SMILES string of the molecule is Cc1nnc2n1CCN(C(=O)CC(C)n1cccc1)C2. The Bertz CT molecular complexity index is 601. The summed E-state index contributed by atoms with van der Waals surface area (Å²) in [7, 11) is 0. The second-order valence-corrected chi connectivity index (χ2v) is 5.31. The molecule has 0 spiro atoms. The van der Waals surface area contributed by atoms with Gasteiger partial charge in [-0.25, -0.2) is 0 Å². The van der Waals surface area contributed by atoms with E-state index in [9.17, 15) is 4.79 Å². The molecule has 0 fully saturated rings. The summed E-state index contributed by atoms with van der Waals surface area (Å²) in [5.41, 5.74) is 0. The van der Waals surface area contributed by atoms with Gasteiger partial charge in [0.2, 0.25) is 5.91 Å². The van der Waals surface area contributed by atoms with Crippen molar-refractivity contribution in [1.82, 2.24) is 24.2 Å². The van der Waals surface area contributed by atoms with Crippen LogP contribution in [-0.4, -0.2) is 36.7 Å². The number of carbonyl (C=O) groups is 1. The van der Waals surface area contributed by atoms with Gasteiger partial charge in [-0.15, -0.1) is 10.2 Å². The number of amides is 1. The largest absolute Gasteiger partial charge is 0.351 e. The first-order valence-electron chi connectivity index (χ1n) is 6.94. The fourth-order valence-electron chi connectivity index (χ4n) is 2.64. The standard InChI is InChI=1S/C14H19N5O/c1-11(17-5-3-4-6-17)9-14(20)18-7-8-19-12(2)15-16-13(19)10-18/h3-6,11H,7-10H2,1-2H3. The minimum atomic E-state index is 0.179. The first kappa shape index (κ1) is 12.9. The lowest BCUT2D eigenvalue weighted by Gasteiger charge is -2.28. The first-order valence-corrected chi connectivity index (χ1v) is 6.94. The zero-order valence-corrected chi connectivity index (χ0v) is 11.9. The van der Waals surface area contributed by atoms with E-state index in [-0.39, 0.29) is 11.9 Å².